The van der Waals surface area contributed by atoms with Crippen molar-refractivity contribution in [3.63, 3.8) is 0 Å². The van der Waals surface area contributed by atoms with E-state index in [-0.39, 0.29) is 5.28 Å². The van der Waals surface area contributed by atoms with Gasteiger partial charge in [-0.05, 0) is 43.1 Å². The molecule has 1 aromatic carbocycles. The quantitative estimate of drug-likeness (QED) is 0.829. The number of alkyl halides is 3. The molecule has 7 heteroatoms. The van der Waals surface area contributed by atoms with E-state index in [4.69, 9.17) is 11.6 Å². The molecule has 0 saturated carbocycles. The number of anilines is 2. The fraction of sp³-hybridized carbons (Fsp3) is 0.231. The third-order valence-corrected chi connectivity index (χ3v) is 2.82. The summed E-state index contributed by atoms with van der Waals surface area (Å²) in [4.78, 5) is 7.81. The van der Waals surface area contributed by atoms with Crippen LogP contribution in [0, 0.1) is 13.8 Å². The van der Waals surface area contributed by atoms with Crippen molar-refractivity contribution in [2.75, 3.05) is 5.32 Å². The molecule has 0 aliphatic heterocycles. The van der Waals surface area contributed by atoms with Crippen LogP contribution >= 0.6 is 11.6 Å². The molecular weight excluding hydrogens is 291 g/mol. The predicted molar refractivity (Wildman–Crippen MR) is 71.2 cm³/mol. The normalized spacial score (nSPS) is 11.5. The summed E-state index contributed by atoms with van der Waals surface area (Å²) >= 11 is 5.72. The Bertz CT molecular complexity index is 621. The average Bonchev–Trinajstić information content (AvgIpc) is 2.29. The van der Waals surface area contributed by atoms with Crippen LogP contribution in [0.1, 0.15) is 16.8 Å². The van der Waals surface area contributed by atoms with Crippen LogP contribution in [0.5, 0.6) is 0 Å². The zero-order valence-corrected chi connectivity index (χ0v) is 11.5. The summed E-state index contributed by atoms with van der Waals surface area (Å²) in [6.07, 6.45) is -4.39. The number of aryl methyl sites for hydroxylation is 2. The van der Waals surface area contributed by atoms with Crippen molar-refractivity contribution in [3.05, 3.63) is 46.4 Å². The van der Waals surface area contributed by atoms with E-state index in [9.17, 15) is 13.2 Å². The van der Waals surface area contributed by atoms with Crippen LogP contribution in [-0.2, 0) is 6.18 Å². The second-order valence-electron chi connectivity index (χ2n) is 4.32. The van der Waals surface area contributed by atoms with Crippen LogP contribution in [0.2, 0.25) is 5.28 Å². The van der Waals surface area contributed by atoms with Gasteiger partial charge in [-0.2, -0.15) is 13.2 Å². The number of hydrogen-bond donors (Lipinski definition) is 1. The molecule has 0 amide bonds. The molecule has 2 aromatic rings. The largest absolute Gasteiger partial charge is 0.416 e. The first-order valence-electron chi connectivity index (χ1n) is 5.72. The smallest absolute Gasteiger partial charge is 0.340 e. The monoisotopic (exact) mass is 301 g/mol. The second kappa shape index (κ2) is 5.28. The molecule has 0 bridgehead atoms. The highest BCUT2D eigenvalue weighted by molar-refractivity contribution is 6.28. The van der Waals surface area contributed by atoms with Gasteiger partial charge in [0.25, 0.3) is 0 Å². The van der Waals surface area contributed by atoms with Gasteiger partial charge in [0, 0.05) is 17.4 Å². The fourth-order valence-electron chi connectivity index (χ4n) is 1.67. The minimum absolute atomic E-state index is 0.0390. The highest BCUT2D eigenvalue weighted by Gasteiger charge is 2.30. The number of rotatable bonds is 2. The van der Waals surface area contributed by atoms with Gasteiger partial charge in [-0.15, -0.1) is 0 Å². The third-order valence-electron chi connectivity index (χ3n) is 2.65. The first kappa shape index (κ1) is 14.6. The van der Waals surface area contributed by atoms with E-state index in [1.165, 1.54) is 6.07 Å². The van der Waals surface area contributed by atoms with Gasteiger partial charge in [-0.3, -0.25) is 0 Å². The van der Waals surface area contributed by atoms with Gasteiger partial charge in [-0.25, -0.2) is 9.97 Å². The van der Waals surface area contributed by atoms with E-state index < -0.39 is 11.7 Å². The van der Waals surface area contributed by atoms with Gasteiger partial charge in [0.1, 0.15) is 5.82 Å². The molecule has 0 radical (unpaired) electrons. The molecule has 0 aliphatic carbocycles. The van der Waals surface area contributed by atoms with Crippen molar-refractivity contribution < 1.29 is 13.2 Å². The fourth-order valence-corrected chi connectivity index (χ4v) is 1.89. The molecule has 20 heavy (non-hydrogen) atoms. The van der Waals surface area contributed by atoms with Crippen LogP contribution in [0.4, 0.5) is 24.7 Å². The molecule has 0 aliphatic rings. The Morgan fingerprint density at radius 3 is 2.40 bits per heavy atom. The standard InChI is InChI=1S/C13H11ClF3N3/c1-7-3-4-9(13(15,16)17)6-10(7)19-11-5-8(2)18-12(14)20-11/h3-6H,1-2H3,(H,18,19,20). The van der Waals surface area contributed by atoms with E-state index in [0.29, 0.717) is 22.8 Å². The second-order valence-corrected chi connectivity index (χ2v) is 4.65. The minimum atomic E-state index is -4.39. The number of nitrogens with one attached hydrogen (secondary N) is 1. The van der Waals surface area contributed by atoms with Gasteiger partial charge >= 0.3 is 6.18 Å². The summed E-state index contributed by atoms with van der Waals surface area (Å²) in [5.41, 5.74) is 0.902. The van der Waals surface area contributed by atoms with Crippen LogP contribution in [-0.4, -0.2) is 9.97 Å². The molecule has 1 N–H and O–H groups in total. The van der Waals surface area contributed by atoms with Crippen LogP contribution < -0.4 is 5.32 Å². The molecule has 0 atom stereocenters. The molecule has 0 unspecified atom stereocenters. The Labute approximate surface area is 118 Å². The summed E-state index contributed by atoms with van der Waals surface area (Å²) in [6, 6.07) is 5.09. The highest BCUT2D eigenvalue weighted by Crippen LogP contribution is 2.32. The maximum absolute atomic E-state index is 12.7. The van der Waals surface area contributed by atoms with Crippen LogP contribution in [0.3, 0.4) is 0 Å². The Balaban J connectivity index is 2.37. The first-order valence-corrected chi connectivity index (χ1v) is 6.09. The third kappa shape index (κ3) is 3.39. The summed E-state index contributed by atoms with van der Waals surface area (Å²) in [5, 5.41) is 2.87. The molecule has 3 nitrogen and oxygen atoms in total. The van der Waals surface area contributed by atoms with E-state index in [2.05, 4.69) is 15.3 Å². The number of benzene rings is 1. The summed E-state index contributed by atoms with van der Waals surface area (Å²) in [7, 11) is 0. The molecular formula is C13H11ClF3N3. The number of hydrogen-bond acceptors (Lipinski definition) is 3. The van der Waals surface area contributed by atoms with E-state index in [1.807, 2.05) is 0 Å². The number of nitrogens with zero attached hydrogens (tertiary/aromatic N) is 2. The Kier molecular flexibility index (Phi) is 3.85. The van der Waals surface area contributed by atoms with Crippen molar-refractivity contribution in [2.24, 2.45) is 0 Å². The van der Waals surface area contributed by atoms with Crippen molar-refractivity contribution in [2.45, 2.75) is 20.0 Å². The predicted octanol–water partition coefficient (Wildman–Crippen LogP) is 4.51. The highest BCUT2D eigenvalue weighted by atomic mass is 35.5. The van der Waals surface area contributed by atoms with Gasteiger partial charge in [0.2, 0.25) is 5.28 Å². The minimum Gasteiger partial charge on any atom is -0.340 e. The zero-order chi connectivity index (χ0) is 14.9. The summed E-state index contributed by atoms with van der Waals surface area (Å²) < 4.78 is 38.1. The molecule has 2 rings (SSSR count). The van der Waals surface area contributed by atoms with E-state index in [0.717, 1.165) is 12.1 Å². The lowest BCUT2D eigenvalue weighted by Gasteiger charge is -2.13. The van der Waals surface area contributed by atoms with Crippen LogP contribution in [0.15, 0.2) is 24.3 Å². The van der Waals surface area contributed by atoms with Gasteiger partial charge < -0.3 is 5.32 Å². The van der Waals surface area contributed by atoms with Crippen molar-refractivity contribution in [1.82, 2.24) is 9.97 Å². The molecule has 0 saturated heterocycles. The average molecular weight is 302 g/mol. The van der Waals surface area contributed by atoms with Crippen molar-refractivity contribution in [3.8, 4) is 0 Å². The zero-order valence-electron chi connectivity index (χ0n) is 10.7. The van der Waals surface area contributed by atoms with Crippen LogP contribution in [0.25, 0.3) is 0 Å². The molecule has 0 fully saturated rings. The Morgan fingerprint density at radius 1 is 1.10 bits per heavy atom. The SMILES string of the molecule is Cc1cc(Nc2cc(C(F)(F)F)ccc2C)nc(Cl)n1. The van der Waals surface area contributed by atoms with Gasteiger partial charge in [0.15, 0.2) is 0 Å². The summed E-state index contributed by atoms with van der Waals surface area (Å²) in [6.45, 7) is 3.43. The molecule has 0 spiro atoms. The van der Waals surface area contributed by atoms with Crippen molar-refractivity contribution in [1.29, 1.82) is 0 Å². The lowest BCUT2D eigenvalue weighted by atomic mass is 10.1. The topological polar surface area (TPSA) is 37.8 Å². The van der Waals surface area contributed by atoms with Gasteiger partial charge in [0.05, 0.1) is 5.56 Å². The maximum Gasteiger partial charge on any atom is 0.416 e. The van der Waals surface area contributed by atoms with Gasteiger partial charge in [-0.1, -0.05) is 6.07 Å². The summed E-state index contributed by atoms with van der Waals surface area (Å²) in [5.74, 6) is 0.352. The maximum atomic E-state index is 12.7. The Hall–Kier alpha value is -1.82. The van der Waals surface area contributed by atoms with E-state index in [1.54, 1.807) is 19.9 Å². The van der Waals surface area contributed by atoms with Crippen molar-refractivity contribution >= 4 is 23.1 Å². The Morgan fingerprint density at radius 2 is 1.80 bits per heavy atom. The molecule has 1 aromatic heterocycles. The lowest BCUT2D eigenvalue weighted by molar-refractivity contribution is -0.137. The number of halogens is 4. The first-order chi connectivity index (χ1) is 9.25. The number of aromatic nitrogens is 2. The van der Waals surface area contributed by atoms with E-state index >= 15 is 0 Å². The molecule has 106 valence electrons. The molecule has 1 heterocycles. The lowest BCUT2D eigenvalue weighted by Crippen LogP contribution is -2.06.